The SMILES string of the molecule is Cc1ccc(C(NC(=O)OC(C)(C)C)C(=O)OC(C)(C)C)cc1. The number of rotatable bonds is 3. The molecule has 0 saturated carbocycles. The number of ether oxygens (including phenoxy) is 2. The van der Waals surface area contributed by atoms with Gasteiger partial charge in [-0.3, -0.25) is 0 Å². The number of carbonyl (C=O) groups excluding carboxylic acids is 2. The third kappa shape index (κ3) is 7.17. The van der Waals surface area contributed by atoms with Crippen LogP contribution in [0.25, 0.3) is 0 Å². The zero-order valence-corrected chi connectivity index (χ0v) is 15.0. The summed E-state index contributed by atoms with van der Waals surface area (Å²) in [5.74, 6) is -0.521. The topological polar surface area (TPSA) is 64.6 Å². The standard InChI is InChI=1S/C18H27NO4/c1-12-8-10-13(11-9-12)14(15(20)22-17(2,3)4)19-16(21)23-18(5,6)7/h8-11,14H,1-7H3,(H,19,21). The minimum Gasteiger partial charge on any atom is -0.458 e. The number of amides is 1. The molecular weight excluding hydrogens is 294 g/mol. The Morgan fingerprint density at radius 2 is 1.39 bits per heavy atom. The molecule has 0 aliphatic heterocycles. The lowest BCUT2D eigenvalue weighted by Gasteiger charge is -2.26. The van der Waals surface area contributed by atoms with Crippen molar-refractivity contribution in [3.8, 4) is 0 Å². The number of nitrogens with one attached hydrogen (secondary N) is 1. The Hall–Kier alpha value is -2.04. The molecule has 1 aromatic rings. The predicted octanol–water partition coefficient (Wildman–Crippen LogP) is 3.90. The van der Waals surface area contributed by atoms with E-state index in [4.69, 9.17) is 9.47 Å². The number of esters is 1. The molecule has 0 aliphatic carbocycles. The summed E-state index contributed by atoms with van der Waals surface area (Å²) in [6.07, 6.45) is -0.658. The van der Waals surface area contributed by atoms with E-state index in [9.17, 15) is 9.59 Å². The molecule has 0 radical (unpaired) electrons. The minimum atomic E-state index is -0.912. The van der Waals surface area contributed by atoms with Gasteiger partial charge in [-0.15, -0.1) is 0 Å². The van der Waals surface area contributed by atoms with Crippen molar-refractivity contribution >= 4 is 12.1 Å². The van der Waals surface area contributed by atoms with Gasteiger partial charge in [0.25, 0.3) is 0 Å². The fraction of sp³-hybridized carbons (Fsp3) is 0.556. The van der Waals surface area contributed by atoms with Crippen molar-refractivity contribution in [3.05, 3.63) is 35.4 Å². The molecule has 1 N–H and O–H groups in total. The lowest BCUT2D eigenvalue weighted by Crippen LogP contribution is -2.40. The van der Waals surface area contributed by atoms with Gasteiger partial charge < -0.3 is 14.8 Å². The lowest BCUT2D eigenvalue weighted by molar-refractivity contribution is -0.157. The van der Waals surface area contributed by atoms with Crippen LogP contribution >= 0.6 is 0 Å². The van der Waals surface area contributed by atoms with Gasteiger partial charge in [0.2, 0.25) is 0 Å². The lowest BCUT2D eigenvalue weighted by atomic mass is 10.0. The number of alkyl carbamates (subject to hydrolysis) is 1. The summed E-state index contributed by atoms with van der Waals surface area (Å²) in [7, 11) is 0. The van der Waals surface area contributed by atoms with Crippen LogP contribution in [0.15, 0.2) is 24.3 Å². The summed E-state index contributed by atoms with van der Waals surface area (Å²) >= 11 is 0. The number of benzene rings is 1. The molecular formula is C18H27NO4. The summed E-state index contributed by atoms with van der Waals surface area (Å²) < 4.78 is 10.6. The maximum Gasteiger partial charge on any atom is 0.408 e. The van der Waals surface area contributed by atoms with Gasteiger partial charge in [-0.25, -0.2) is 9.59 Å². The van der Waals surface area contributed by atoms with Crippen molar-refractivity contribution in [2.75, 3.05) is 0 Å². The van der Waals surface area contributed by atoms with Crippen LogP contribution < -0.4 is 5.32 Å². The molecule has 128 valence electrons. The Kier molecular flexibility index (Phi) is 5.81. The van der Waals surface area contributed by atoms with Crippen LogP contribution in [-0.4, -0.2) is 23.3 Å². The summed E-state index contributed by atoms with van der Waals surface area (Å²) in [6.45, 7) is 12.6. The van der Waals surface area contributed by atoms with E-state index in [1.807, 2.05) is 19.1 Å². The molecule has 0 fully saturated rings. The highest BCUT2D eigenvalue weighted by atomic mass is 16.6. The average Bonchev–Trinajstić information content (AvgIpc) is 2.33. The van der Waals surface area contributed by atoms with Gasteiger partial charge >= 0.3 is 12.1 Å². The van der Waals surface area contributed by atoms with Crippen LogP contribution in [-0.2, 0) is 14.3 Å². The van der Waals surface area contributed by atoms with E-state index < -0.39 is 29.3 Å². The summed E-state index contributed by atoms with van der Waals surface area (Å²) in [6, 6.07) is 6.43. The van der Waals surface area contributed by atoms with E-state index in [0.29, 0.717) is 5.56 Å². The summed E-state index contributed by atoms with van der Waals surface area (Å²) in [4.78, 5) is 24.5. The van der Waals surface area contributed by atoms with Gasteiger partial charge in [-0.05, 0) is 54.0 Å². The van der Waals surface area contributed by atoms with Gasteiger partial charge in [0.05, 0.1) is 0 Å². The molecule has 1 aromatic carbocycles. The third-order valence-corrected chi connectivity index (χ3v) is 2.71. The smallest absolute Gasteiger partial charge is 0.408 e. The first kappa shape index (κ1) is 19.0. The van der Waals surface area contributed by atoms with E-state index in [1.165, 1.54) is 0 Å². The van der Waals surface area contributed by atoms with E-state index in [0.717, 1.165) is 5.56 Å². The van der Waals surface area contributed by atoms with Crippen molar-refractivity contribution in [3.63, 3.8) is 0 Å². The normalized spacial score (nSPS) is 13.2. The Balaban J connectivity index is 2.99. The molecule has 0 heterocycles. The van der Waals surface area contributed by atoms with Gasteiger partial charge in [-0.2, -0.15) is 0 Å². The van der Waals surface area contributed by atoms with E-state index in [1.54, 1.807) is 53.7 Å². The Morgan fingerprint density at radius 3 is 1.83 bits per heavy atom. The second-order valence-electron chi connectivity index (χ2n) is 7.52. The van der Waals surface area contributed by atoms with Crippen LogP contribution in [0.5, 0.6) is 0 Å². The van der Waals surface area contributed by atoms with Crippen LogP contribution in [0, 0.1) is 6.92 Å². The fourth-order valence-electron chi connectivity index (χ4n) is 1.82. The predicted molar refractivity (Wildman–Crippen MR) is 89.1 cm³/mol. The van der Waals surface area contributed by atoms with E-state index in [2.05, 4.69) is 5.32 Å². The van der Waals surface area contributed by atoms with Gasteiger partial charge in [0, 0.05) is 0 Å². The zero-order valence-electron chi connectivity index (χ0n) is 15.0. The first-order chi connectivity index (χ1) is 10.4. The molecule has 0 saturated heterocycles. The van der Waals surface area contributed by atoms with Crippen molar-refractivity contribution < 1.29 is 19.1 Å². The number of hydrogen-bond acceptors (Lipinski definition) is 4. The van der Waals surface area contributed by atoms with Crippen molar-refractivity contribution in [1.82, 2.24) is 5.32 Å². The maximum atomic E-state index is 12.5. The Labute approximate surface area is 138 Å². The first-order valence-corrected chi connectivity index (χ1v) is 7.66. The molecule has 1 amide bonds. The Bertz CT molecular complexity index is 550. The highest BCUT2D eigenvalue weighted by Gasteiger charge is 2.29. The van der Waals surface area contributed by atoms with Gasteiger partial charge in [0.1, 0.15) is 11.2 Å². The molecule has 0 aliphatic rings. The molecule has 0 bridgehead atoms. The van der Waals surface area contributed by atoms with Crippen LogP contribution in [0.2, 0.25) is 0 Å². The van der Waals surface area contributed by atoms with Crippen molar-refractivity contribution in [1.29, 1.82) is 0 Å². The number of carbonyl (C=O) groups is 2. The van der Waals surface area contributed by atoms with E-state index in [-0.39, 0.29) is 0 Å². The summed E-state index contributed by atoms with van der Waals surface area (Å²) in [5, 5.41) is 2.60. The number of hydrogen-bond donors (Lipinski definition) is 1. The van der Waals surface area contributed by atoms with Crippen molar-refractivity contribution in [2.45, 2.75) is 65.7 Å². The van der Waals surface area contributed by atoms with E-state index >= 15 is 0 Å². The van der Waals surface area contributed by atoms with Crippen LogP contribution in [0.4, 0.5) is 4.79 Å². The molecule has 1 atom stereocenters. The zero-order chi connectivity index (χ0) is 17.8. The molecule has 5 nitrogen and oxygen atoms in total. The fourth-order valence-corrected chi connectivity index (χ4v) is 1.82. The molecule has 5 heteroatoms. The monoisotopic (exact) mass is 321 g/mol. The maximum absolute atomic E-state index is 12.5. The van der Waals surface area contributed by atoms with Gasteiger partial charge in [-0.1, -0.05) is 29.8 Å². The summed E-state index contributed by atoms with van der Waals surface area (Å²) in [5.41, 5.74) is 0.426. The van der Waals surface area contributed by atoms with Gasteiger partial charge in [0.15, 0.2) is 6.04 Å². The molecule has 1 unspecified atom stereocenters. The second-order valence-corrected chi connectivity index (χ2v) is 7.52. The number of aryl methyl sites for hydroxylation is 1. The molecule has 1 rings (SSSR count). The molecule has 0 spiro atoms. The third-order valence-electron chi connectivity index (χ3n) is 2.71. The highest BCUT2D eigenvalue weighted by molar-refractivity contribution is 5.83. The average molecular weight is 321 g/mol. The highest BCUT2D eigenvalue weighted by Crippen LogP contribution is 2.20. The quantitative estimate of drug-likeness (QED) is 0.858. The van der Waals surface area contributed by atoms with Crippen LogP contribution in [0.1, 0.15) is 58.7 Å². The largest absolute Gasteiger partial charge is 0.458 e. The second kappa shape index (κ2) is 7.02. The molecule has 23 heavy (non-hydrogen) atoms. The van der Waals surface area contributed by atoms with Crippen LogP contribution in [0.3, 0.4) is 0 Å². The Morgan fingerprint density at radius 1 is 0.913 bits per heavy atom. The first-order valence-electron chi connectivity index (χ1n) is 7.66. The van der Waals surface area contributed by atoms with Crippen molar-refractivity contribution in [2.24, 2.45) is 0 Å². The minimum absolute atomic E-state index is 0.521. The molecule has 0 aromatic heterocycles.